The van der Waals surface area contributed by atoms with Crippen molar-refractivity contribution in [3.63, 3.8) is 0 Å². The number of rotatable bonds is 3. The molecule has 1 spiro atoms. The highest BCUT2D eigenvalue weighted by molar-refractivity contribution is 5.94. The molecule has 0 unspecified atom stereocenters. The first-order chi connectivity index (χ1) is 12.6. The Balaban J connectivity index is 1.42. The smallest absolute Gasteiger partial charge is 0.253 e. The fourth-order valence-corrected chi connectivity index (χ4v) is 3.79. The molecule has 1 N–H and O–H groups in total. The maximum atomic E-state index is 12.9. The van der Waals surface area contributed by atoms with Gasteiger partial charge >= 0.3 is 0 Å². The Morgan fingerprint density at radius 2 is 1.73 bits per heavy atom. The number of benzene rings is 2. The monoisotopic (exact) mass is 350 g/mol. The molecule has 0 bridgehead atoms. The average molecular weight is 350 g/mol. The number of hydrogen-bond donors (Lipinski definition) is 1. The zero-order valence-electron chi connectivity index (χ0n) is 14.6. The lowest BCUT2D eigenvalue weighted by atomic mass is 9.77. The van der Waals surface area contributed by atoms with Gasteiger partial charge in [-0.1, -0.05) is 24.3 Å². The van der Waals surface area contributed by atoms with Crippen LogP contribution in [0.2, 0.25) is 0 Å². The number of likely N-dealkylation sites (tertiary alicyclic amines) is 1. The van der Waals surface area contributed by atoms with E-state index in [0.717, 1.165) is 25.1 Å². The summed E-state index contributed by atoms with van der Waals surface area (Å²) in [6.07, 6.45) is 2.34. The molecule has 5 heteroatoms. The van der Waals surface area contributed by atoms with E-state index in [1.165, 1.54) is 0 Å². The highest BCUT2D eigenvalue weighted by Gasteiger charge is 2.41. The number of nitrogens with one attached hydrogen (secondary N) is 1. The van der Waals surface area contributed by atoms with Gasteiger partial charge in [0.05, 0.1) is 0 Å². The number of hydrogen-bond acceptors (Lipinski definition) is 3. The van der Waals surface area contributed by atoms with Gasteiger partial charge in [0.15, 0.2) is 0 Å². The first-order valence-electron chi connectivity index (χ1n) is 9.03. The topological polar surface area (TPSA) is 58.6 Å². The molecule has 4 rings (SSSR count). The predicted octanol–water partition coefficient (Wildman–Crippen LogP) is 3.22. The van der Waals surface area contributed by atoms with Crippen molar-refractivity contribution < 1.29 is 14.3 Å². The molecule has 2 amide bonds. The summed E-state index contributed by atoms with van der Waals surface area (Å²) in [5.74, 6) is 1.56. The zero-order chi connectivity index (χ0) is 18.0. The first kappa shape index (κ1) is 16.6. The standard InChI is InChI=1S/C21H22N2O3/c24-19-14-21(15-22-19)9-11-23(12-10-21)20(25)16-5-4-8-18(13-16)26-17-6-2-1-3-7-17/h1-8,13H,9-12,14-15H2,(H,22,24). The Morgan fingerprint density at radius 3 is 2.42 bits per heavy atom. The van der Waals surface area contributed by atoms with E-state index in [9.17, 15) is 9.59 Å². The Kier molecular flexibility index (Phi) is 4.37. The molecule has 0 aliphatic carbocycles. The molecular formula is C21H22N2O3. The number of ether oxygens (including phenoxy) is 1. The van der Waals surface area contributed by atoms with Crippen LogP contribution in [0.15, 0.2) is 54.6 Å². The molecule has 2 aromatic rings. The summed E-state index contributed by atoms with van der Waals surface area (Å²) in [6, 6.07) is 16.8. The lowest BCUT2D eigenvalue weighted by Crippen LogP contribution is -2.44. The second kappa shape index (κ2) is 6.83. The van der Waals surface area contributed by atoms with Gasteiger partial charge < -0.3 is 15.0 Å². The van der Waals surface area contributed by atoms with Gasteiger partial charge in [0, 0.05) is 31.6 Å². The van der Waals surface area contributed by atoms with Crippen molar-refractivity contribution in [3.8, 4) is 11.5 Å². The fraction of sp³-hybridized carbons (Fsp3) is 0.333. The molecule has 0 aromatic heterocycles. The third-order valence-electron chi connectivity index (χ3n) is 5.37. The van der Waals surface area contributed by atoms with E-state index >= 15 is 0 Å². The van der Waals surface area contributed by atoms with Crippen molar-refractivity contribution in [2.45, 2.75) is 19.3 Å². The Bertz CT molecular complexity index is 811. The molecule has 134 valence electrons. The molecule has 2 heterocycles. The minimum atomic E-state index is 0.0237. The van der Waals surface area contributed by atoms with Crippen molar-refractivity contribution in [1.29, 1.82) is 0 Å². The highest BCUT2D eigenvalue weighted by atomic mass is 16.5. The SMILES string of the molecule is O=C1CC2(CCN(C(=O)c3cccc(Oc4ccccc4)c3)CC2)CN1. The molecule has 0 saturated carbocycles. The van der Waals surface area contributed by atoms with E-state index < -0.39 is 0 Å². The van der Waals surface area contributed by atoms with Crippen LogP contribution in [-0.2, 0) is 4.79 Å². The van der Waals surface area contributed by atoms with Crippen LogP contribution in [0.4, 0.5) is 0 Å². The van der Waals surface area contributed by atoms with Gasteiger partial charge in [-0.15, -0.1) is 0 Å². The molecule has 5 nitrogen and oxygen atoms in total. The Morgan fingerprint density at radius 1 is 1.00 bits per heavy atom. The lowest BCUT2D eigenvalue weighted by molar-refractivity contribution is -0.119. The van der Waals surface area contributed by atoms with Crippen LogP contribution in [0.25, 0.3) is 0 Å². The van der Waals surface area contributed by atoms with E-state index in [-0.39, 0.29) is 17.2 Å². The summed E-state index contributed by atoms with van der Waals surface area (Å²) in [5.41, 5.74) is 0.682. The van der Waals surface area contributed by atoms with Crippen LogP contribution in [0, 0.1) is 5.41 Å². The summed E-state index contributed by atoms with van der Waals surface area (Å²) < 4.78 is 5.83. The van der Waals surface area contributed by atoms with Crippen molar-refractivity contribution in [2.24, 2.45) is 5.41 Å². The molecular weight excluding hydrogens is 328 g/mol. The van der Waals surface area contributed by atoms with Crippen LogP contribution >= 0.6 is 0 Å². The summed E-state index contributed by atoms with van der Waals surface area (Å²) in [5, 5.41) is 2.93. The van der Waals surface area contributed by atoms with Crippen LogP contribution in [0.5, 0.6) is 11.5 Å². The van der Waals surface area contributed by atoms with Gasteiger partial charge in [-0.25, -0.2) is 0 Å². The van der Waals surface area contributed by atoms with E-state index in [1.807, 2.05) is 53.4 Å². The van der Waals surface area contributed by atoms with Crippen molar-refractivity contribution in [2.75, 3.05) is 19.6 Å². The van der Waals surface area contributed by atoms with Crippen LogP contribution in [0.1, 0.15) is 29.6 Å². The molecule has 26 heavy (non-hydrogen) atoms. The second-order valence-electron chi connectivity index (χ2n) is 7.19. The Labute approximate surface area is 153 Å². The molecule has 0 atom stereocenters. The number of para-hydroxylation sites is 1. The predicted molar refractivity (Wildman–Crippen MR) is 98.2 cm³/mol. The van der Waals surface area contributed by atoms with E-state index in [0.29, 0.717) is 30.8 Å². The molecule has 2 aliphatic rings. The van der Waals surface area contributed by atoms with Crippen molar-refractivity contribution in [3.05, 3.63) is 60.2 Å². The molecule has 0 radical (unpaired) electrons. The van der Waals surface area contributed by atoms with Gasteiger partial charge in [0.25, 0.3) is 5.91 Å². The first-order valence-corrected chi connectivity index (χ1v) is 9.03. The quantitative estimate of drug-likeness (QED) is 0.925. The number of carbonyl (C=O) groups is 2. The van der Waals surface area contributed by atoms with Crippen LogP contribution in [0.3, 0.4) is 0 Å². The van der Waals surface area contributed by atoms with E-state index in [1.54, 1.807) is 6.07 Å². The zero-order valence-corrected chi connectivity index (χ0v) is 14.6. The number of carbonyl (C=O) groups excluding carboxylic acids is 2. The summed E-state index contributed by atoms with van der Waals surface area (Å²) >= 11 is 0. The van der Waals surface area contributed by atoms with Crippen molar-refractivity contribution in [1.82, 2.24) is 10.2 Å². The number of amides is 2. The third-order valence-corrected chi connectivity index (χ3v) is 5.37. The summed E-state index contributed by atoms with van der Waals surface area (Å²) in [7, 11) is 0. The summed E-state index contributed by atoms with van der Waals surface area (Å²) in [6.45, 7) is 2.13. The van der Waals surface area contributed by atoms with Gasteiger partial charge in [0.2, 0.25) is 5.91 Å². The van der Waals surface area contributed by atoms with E-state index in [4.69, 9.17) is 4.74 Å². The molecule has 2 fully saturated rings. The third kappa shape index (κ3) is 3.43. The molecule has 2 aliphatic heterocycles. The molecule has 2 saturated heterocycles. The van der Waals surface area contributed by atoms with E-state index in [2.05, 4.69) is 5.32 Å². The van der Waals surface area contributed by atoms with Gasteiger partial charge in [0.1, 0.15) is 11.5 Å². The molecule has 2 aromatic carbocycles. The van der Waals surface area contributed by atoms with Crippen LogP contribution in [-0.4, -0.2) is 36.3 Å². The van der Waals surface area contributed by atoms with Gasteiger partial charge in [-0.2, -0.15) is 0 Å². The maximum absolute atomic E-state index is 12.9. The minimum Gasteiger partial charge on any atom is -0.457 e. The number of nitrogens with zero attached hydrogens (tertiary/aromatic N) is 1. The number of piperidine rings is 1. The lowest BCUT2D eigenvalue weighted by Gasteiger charge is -2.38. The van der Waals surface area contributed by atoms with Gasteiger partial charge in [-0.05, 0) is 48.6 Å². The maximum Gasteiger partial charge on any atom is 0.253 e. The Hall–Kier alpha value is -2.82. The second-order valence-corrected chi connectivity index (χ2v) is 7.19. The fourth-order valence-electron chi connectivity index (χ4n) is 3.79. The largest absolute Gasteiger partial charge is 0.457 e. The normalized spacial score (nSPS) is 18.6. The summed E-state index contributed by atoms with van der Waals surface area (Å²) in [4.78, 5) is 26.3. The average Bonchev–Trinajstić information content (AvgIpc) is 3.03. The highest BCUT2D eigenvalue weighted by Crippen LogP contribution is 2.37. The minimum absolute atomic E-state index is 0.0237. The van der Waals surface area contributed by atoms with Crippen LogP contribution < -0.4 is 10.1 Å². The van der Waals surface area contributed by atoms with Crippen molar-refractivity contribution >= 4 is 11.8 Å². The van der Waals surface area contributed by atoms with Gasteiger partial charge in [-0.3, -0.25) is 9.59 Å².